The minimum atomic E-state index is -0.601. The number of anilines is 1. The van der Waals surface area contributed by atoms with Crippen LogP contribution in [0.25, 0.3) is 17.3 Å². The first kappa shape index (κ1) is 21.3. The number of nitro groups is 1. The van der Waals surface area contributed by atoms with Gasteiger partial charge in [-0.15, -0.1) is 10.2 Å². The van der Waals surface area contributed by atoms with Crippen molar-refractivity contribution in [2.24, 2.45) is 0 Å². The van der Waals surface area contributed by atoms with Crippen LogP contribution in [-0.2, 0) is 0 Å². The van der Waals surface area contributed by atoms with Crippen LogP contribution in [0.15, 0.2) is 50.5 Å². The Morgan fingerprint density at radius 1 is 1.32 bits per heavy atom. The first-order valence-corrected chi connectivity index (χ1v) is 11.3. The Balaban J connectivity index is 1.65. The zero-order valence-corrected chi connectivity index (χ0v) is 18.9. The van der Waals surface area contributed by atoms with Gasteiger partial charge in [-0.05, 0) is 42.8 Å². The monoisotopic (exact) mass is 503 g/mol. The van der Waals surface area contributed by atoms with Crippen molar-refractivity contribution in [3.63, 3.8) is 0 Å². The molecule has 1 unspecified atom stereocenters. The van der Waals surface area contributed by atoms with Crippen LogP contribution in [0, 0.1) is 10.1 Å². The molecular formula is C20H18BrN5O4S. The van der Waals surface area contributed by atoms with E-state index in [2.05, 4.69) is 43.4 Å². The van der Waals surface area contributed by atoms with E-state index in [1.54, 1.807) is 12.2 Å². The number of halogens is 1. The Hall–Kier alpha value is -2.92. The minimum Gasteiger partial charge on any atom is -0.448 e. The summed E-state index contributed by atoms with van der Waals surface area (Å²) in [5.74, 6) is 1.28. The van der Waals surface area contributed by atoms with Crippen LogP contribution in [-0.4, -0.2) is 32.1 Å². The Kier molecular flexibility index (Phi) is 6.52. The Morgan fingerprint density at radius 2 is 2.19 bits per heavy atom. The second kappa shape index (κ2) is 9.48. The number of nitrogens with zero attached hydrogens (tertiary/aromatic N) is 4. The standard InChI is InChI=1S/C20H18BrN5O4S/c1-2-3-10-31-20-23-19-18(24-25-20)14-11-12(21)4-7-15(14)22-16(30-19)8-5-13-6-9-17(29-13)26(27)28/h4-9,11,16,22H,2-3,10H2,1H3/b8-5+. The fourth-order valence-corrected chi connectivity index (χ4v) is 4.08. The summed E-state index contributed by atoms with van der Waals surface area (Å²) in [6, 6.07) is 8.56. The molecule has 11 heteroatoms. The number of hydrogen-bond acceptors (Lipinski definition) is 9. The van der Waals surface area contributed by atoms with Gasteiger partial charge < -0.3 is 14.5 Å². The molecule has 1 aliphatic heterocycles. The lowest BCUT2D eigenvalue weighted by atomic mass is 10.1. The zero-order chi connectivity index (χ0) is 21.8. The van der Waals surface area contributed by atoms with Gasteiger partial charge in [0.1, 0.15) is 10.7 Å². The summed E-state index contributed by atoms with van der Waals surface area (Å²) < 4.78 is 12.2. The molecule has 3 aromatic rings. The van der Waals surface area contributed by atoms with Crippen molar-refractivity contribution in [2.45, 2.75) is 31.1 Å². The molecule has 0 spiro atoms. The summed E-state index contributed by atoms with van der Waals surface area (Å²) in [6.07, 6.45) is 4.86. The number of aromatic nitrogens is 3. The third-order valence-corrected chi connectivity index (χ3v) is 5.78. The molecule has 3 heterocycles. The molecule has 0 bridgehead atoms. The third kappa shape index (κ3) is 5.05. The molecule has 2 aromatic heterocycles. The fraction of sp³-hybridized carbons (Fsp3) is 0.250. The lowest BCUT2D eigenvalue weighted by Gasteiger charge is -2.15. The highest BCUT2D eigenvalue weighted by atomic mass is 79.9. The largest absolute Gasteiger partial charge is 0.448 e. The Morgan fingerprint density at radius 3 is 2.97 bits per heavy atom. The summed E-state index contributed by atoms with van der Waals surface area (Å²) in [5, 5.41) is 23.3. The number of thioether (sulfide) groups is 1. The van der Waals surface area contributed by atoms with E-state index in [1.165, 1.54) is 23.9 Å². The van der Waals surface area contributed by atoms with E-state index in [0.717, 1.165) is 34.3 Å². The third-order valence-electron chi connectivity index (χ3n) is 4.37. The number of rotatable bonds is 7. The van der Waals surface area contributed by atoms with Crippen LogP contribution >= 0.6 is 27.7 Å². The quantitative estimate of drug-likeness (QED) is 0.192. The summed E-state index contributed by atoms with van der Waals surface area (Å²) in [5.41, 5.74) is 2.14. The predicted molar refractivity (Wildman–Crippen MR) is 121 cm³/mol. The van der Waals surface area contributed by atoms with Crippen molar-refractivity contribution in [2.75, 3.05) is 11.1 Å². The van der Waals surface area contributed by atoms with Crippen molar-refractivity contribution in [3.8, 4) is 17.1 Å². The van der Waals surface area contributed by atoms with E-state index < -0.39 is 11.2 Å². The Labute approximate surface area is 190 Å². The normalized spacial score (nSPS) is 15.0. The average molecular weight is 504 g/mol. The summed E-state index contributed by atoms with van der Waals surface area (Å²) in [7, 11) is 0. The van der Waals surface area contributed by atoms with Crippen LogP contribution in [0.3, 0.4) is 0 Å². The summed E-state index contributed by atoms with van der Waals surface area (Å²) >= 11 is 5.03. The number of unbranched alkanes of at least 4 members (excludes halogenated alkanes) is 1. The number of fused-ring (bicyclic) bond motifs is 3. The van der Waals surface area contributed by atoms with E-state index in [0.29, 0.717) is 22.5 Å². The van der Waals surface area contributed by atoms with E-state index >= 15 is 0 Å². The average Bonchev–Trinajstić information content (AvgIpc) is 3.17. The highest BCUT2D eigenvalue weighted by molar-refractivity contribution is 9.10. The molecule has 0 saturated carbocycles. The molecule has 1 aliphatic rings. The maximum Gasteiger partial charge on any atom is 0.433 e. The molecule has 0 radical (unpaired) electrons. The van der Waals surface area contributed by atoms with Gasteiger partial charge in [-0.1, -0.05) is 41.0 Å². The molecule has 31 heavy (non-hydrogen) atoms. The molecule has 0 aliphatic carbocycles. The second-order valence-corrected chi connectivity index (χ2v) is 8.59. The smallest absolute Gasteiger partial charge is 0.433 e. The molecule has 1 N–H and O–H groups in total. The molecule has 160 valence electrons. The van der Waals surface area contributed by atoms with Gasteiger partial charge in [0, 0.05) is 21.5 Å². The van der Waals surface area contributed by atoms with Crippen molar-refractivity contribution in [1.29, 1.82) is 0 Å². The van der Waals surface area contributed by atoms with Crippen LogP contribution in [0.4, 0.5) is 11.6 Å². The van der Waals surface area contributed by atoms with E-state index in [9.17, 15) is 10.1 Å². The van der Waals surface area contributed by atoms with Gasteiger partial charge >= 0.3 is 5.88 Å². The zero-order valence-electron chi connectivity index (χ0n) is 16.4. The maximum absolute atomic E-state index is 10.8. The van der Waals surface area contributed by atoms with Gasteiger partial charge in [-0.25, -0.2) is 0 Å². The minimum absolute atomic E-state index is 0.319. The maximum atomic E-state index is 10.8. The van der Waals surface area contributed by atoms with Gasteiger partial charge in [0.2, 0.25) is 11.0 Å². The molecule has 4 rings (SSSR count). The topological polar surface area (TPSA) is 116 Å². The van der Waals surface area contributed by atoms with Gasteiger partial charge in [-0.2, -0.15) is 4.98 Å². The first-order chi connectivity index (χ1) is 15.0. The van der Waals surface area contributed by atoms with Gasteiger partial charge in [0.25, 0.3) is 0 Å². The molecular weight excluding hydrogens is 486 g/mol. The van der Waals surface area contributed by atoms with Crippen molar-refractivity contribution >= 4 is 45.3 Å². The molecule has 0 amide bonds. The van der Waals surface area contributed by atoms with E-state index in [-0.39, 0.29) is 5.88 Å². The lowest BCUT2D eigenvalue weighted by molar-refractivity contribution is -0.402. The van der Waals surface area contributed by atoms with Crippen LogP contribution < -0.4 is 10.1 Å². The van der Waals surface area contributed by atoms with Crippen molar-refractivity contribution in [1.82, 2.24) is 15.2 Å². The van der Waals surface area contributed by atoms with Crippen molar-refractivity contribution < 1.29 is 14.1 Å². The number of hydrogen-bond donors (Lipinski definition) is 1. The highest BCUT2D eigenvalue weighted by Gasteiger charge is 2.24. The lowest BCUT2D eigenvalue weighted by Crippen LogP contribution is -2.23. The van der Waals surface area contributed by atoms with Gasteiger partial charge in [0.05, 0.1) is 6.07 Å². The molecule has 1 aromatic carbocycles. The highest BCUT2D eigenvalue weighted by Crippen LogP contribution is 2.38. The SMILES string of the molecule is CCCCSc1nnc2c(n1)OC(/C=C/c1ccc([N+](=O)[O-])o1)Nc1ccc(Br)cc1-2. The van der Waals surface area contributed by atoms with Crippen LogP contribution in [0.5, 0.6) is 5.88 Å². The molecule has 9 nitrogen and oxygen atoms in total. The predicted octanol–water partition coefficient (Wildman–Crippen LogP) is 5.54. The van der Waals surface area contributed by atoms with Gasteiger partial charge in [0.15, 0.2) is 11.9 Å². The molecule has 1 atom stereocenters. The van der Waals surface area contributed by atoms with Crippen LogP contribution in [0.2, 0.25) is 0 Å². The first-order valence-electron chi connectivity index (χ1n) is 9.56. The number of ether oxygens (including phenoxy) is 1. The summed E-state index contributed by atoms with van der Waals surface area (Å²) in [6.45, 7) is 2.13. The number of benzene rings is 1. The Bertz CT molecular complexity index is 1140. The van der Waals surface area contributed by atoms with E-state index in [1.807, 2.05) is 18.2 Å². The number of furan rings is 1. The van der Waals surface area contributed by atoms with Crippen molar-refractivity contribution in [3.05, 3.63) is 56.8 Å². The second-order valence-electron chi connectivity index (χ2n) is 6.62. The van der Waals surface area contributed by atoms with E-state index in [4.69, 9.17) is 9.15 Å². The van der Waals surface area contributed by atoms with Gasteiger partial charge in [-0.3, -0.25) is 10.1 Å². The molecule has 0 fully saturated rings. The molecule has 0 saturated heterocycles. The number of nitrogens with one attached hydrogen (secondary N) is 1. The van der Waals surface area contributed by atoms with Crippen LogP contribution in [0.1, 0.15) is 25.5 Å². The fourth-order valence-electron chi connectivity index (χ4n) is 2.86. The summed E-state index contributed by atoms with van der Waals surface area (Å²) in [4.78, 5) is 14.8.